The molecule has 25 heavy (non-hydrogen) atoms. The number of nitrogens with one attached hydrogen (secondary N) is 2. The van der Waals surface area contributed by atoms with Crippen molar-refractivity contribution in [3.8, 4) is 0 Å². The highest BCUT2D eigenvalue weighted by atomic mass is 16.2. The maximum absolute atomic E-state index is 12.5. The van der Waals surface area contributed by atoms with E-state index >= 15 is 0 Å². The number of carbonyl (C=O) groups excluding carboxylic acids is 3. The van der Waals surface area contributed by atoms with E-state index in [9.17, 15) is 14.4 Å². The summed E-state index contributed by atoms with van der Waals surface area (Å²) in [5, 5.41) is 5.82. The summed E-state index contributed by atoms with van der Waals surface area (Å²) in [4.78, 5) is 40.1. The van der Waals surface area contributed by atoms with E-state index in [4.69, 9.17) is 0 Å². The third kappa shape index (κ3) is 4.07. The quantitative estimate of drug-likeness (QED) is 0.602. The first-order chi connectivity index (χ1) is 12.1. The standard InChI is InChI=1S/C18H30N4O3/c23-15-18(9-4-5-10-18)20-17(25)22(15)14-8-11-19-16(24)21-12-6-2-1-3-7-13-21/h1-14H2,(H,19,24)(H,20,25). The van der Waals surface area contributed by atoms with E-state index in [2.05, 4.69) is 10.6 Å². The van der Waals surface area contributed by atoms with Gasteiger partial charge in [0, 0.05) is 26.2 Å². The largest absolute Gasteiger partial charge is 0.338 e. The molecule has 140 valence electrons. The molecular formula is C18H30N4O3. The van der Waals surface area contributed by atoms with Crippen LogP contribution in [0, 0.1) is 0 Å². The summed E-state index contributed by atoms with van der Waals surface area (Å²) >= 11 is 0. The molecule has 2 heterocycles. The van der Waals surface area contributed by atoms with Crippen LogP contribution in [-0.2, 0) is 4.79 Å². The van der Waals surface area contributed by atoms with Crippen LogP contribution in [-0.4, -0.2) is 59.5 Å². The van der Waals surface area contributed by atoms with E-state index in [0.29, 0.717) is 19.5 Å². The first-order valence-electron chi connectivity index (χ1n) is 9.79. The summed E-state index contributed by atoms with van der Waals surface area (Å²) in [6.07, 6.45) is 9.86. The van der Waals surface area contributed by atoms with Crippen LogP contribution < -0.4 is 10.6 Å². The van der Waals surface area contributed by atoms with Gasteiger partial charge in [-0.15, -0.1) is 0 Å². The molecular weight excluding hydrogens is 320 g/mol. The molecule has 2 aliphatic heterocycles. The topological polar surface area (TPSA) is 81.8 Å². The van der Waals surface area contributed by atoms with E-state index < -0.39 is 5.54 Å². The molecule has 0 radical (unpaired) electrons. The van der Waals surface area contributed by atoms with Crippen LogP contribution in [0.4, 0.5) is 9.59 Å². The molecule has 0 aromatic rings. The maximum atomic E-state index is 12.5. The summed E-state index contributed by atoms with van der Waals surface area (Å²) in [7, 11) is 0. The number of hydrogen-bond donors (Lipinski definition) is 2. The number of urea groups is 2. The monoisotopic (exact) mass is 350 g/mol. The fourth-order valence-corrected chi connectivity index (χ4v) is 4.19. The Kier molecular flexibility index (Phi) is 5.81. The highest BCUT2D eigenvalue weighted by Crippen LogP contribution is 2.34. The average molecular weight is 350 g/mol. The molecule has 0 aromatic carbocycles. The van der Waals surface area contributed by atoms with Gasteiger partial charge in [-0.3, -0.25) is 9.69 Å². The second kappa shape index (κ2) is 8.06. The highest BCUT2D eigenvalue weighted by Gasteiger charge is 2.51. The lowest BCUT2D eigenvalue weighted by molar-refractivity contribution is -0.131. The van der Waals surface area contributed by atoms with E-state index in [0.717, 1.165) is 51.6 Å². The molecule has 0 atom stereocenters. The summed E-state index contributed by atoms with van der Waals surface area (Å²) in [6, 6.07) is -0.298. The van der Waals surface area contributed by atoms with Crippen molar-refractivity contribution in [1.29, 1.82) is 0 Å². The normalized spacial score (nSPS) is 23.5. The summed E-state index contributed by atoms with van der Waals surface area (Å²) in [5.74, 6) is -0.0786. The molecule has 1 aliphatic carbocycles. The van der Waals surface area contributed by atoms with Gasteiger partial charge in [0.05, 0.1) is 0 Å². The SMILES string of the molecule is O=C(NCCCN1C(=O)NC2(CCCC2)C1=O)N1CCCCCCC1. The van der Waals surface area contributed by atoms with Crippen molar-refractivity contribution in [3.05, 3.63) is 0 Å². The third-order valence-electron chi connectivity index (χ3n) is 5.68. The average Bonchev–Trinajstić information content (AvgIpc) is 3.11. The van der Waals surface area contributed by atoms with E-state index in [-0.39, 0.29) is 18.0 Å². The molecule has 0 bridgehead atoms. The summed E-state index contributed by atoms with van der Waals surface area (Å²) in [6.45, 7) is 2.49. The lowest BCUT2D eigenvalue weighted by Gasteiger charge is -2.25. The zero-order valence-electron chi connectivity index (χ0n) is 15.0. The molecule has 3 fully saturated rings. The van der Waals surface area contributed by atoms with Crippen molar-refractivity contribution in [3.63, 3.8) is 0 Å². The van der Waals surface area contributed by atoms with Crippen molar-refractivity contribution in [2.75, 3.05) is 26.2 Å². The Morgan fingerprint density at radius 3 is 2.32 bits per heavy atom. The van der Waals surface area contributed by atoms with Crippen LogP contribution in [0.1, 0.15) is 64.2 Å². The number of likely N-dealkylation sites (tertiary alicyclic amines) is 1. The first-order valence-corrected chi connectivity index (χ1v) is 9.79. The van der Waals surface area contributed by atoms with Crippen LogP contribution in [0.15, 0.2) is 0 Å². The molecule has 7 nitrogen and oxygen atoms in total. The number of imide groups is 1. The van der Waals surface area contributed by atoms with E-state index in [1.807, 2.05) is 4.90 Å². The molecule has 0 aromatic heterocycles. The van der Waals surface area contributed by atoms with E-state index in [1.165, 1.54) is 24.2 Å². The maximum Gasteiger partial charge on any atom is 0.325 e. The molecule has 2 N–H and O–H groups in total. The van der Waals surface area contributed by atoms with Crippen molar-refractivity contribution in [2.24, 2.45) is 0 Å². The Morgan fingerprint density at radius 2 is 1.64 bits per heavy atom. The molecule has 3 rings (SSSR count). The Hall–Kier alpha value is -1.79. The molecule has 7 heteroatoms. The second-order valence-corrected chi connectivity index (χ2v) is 7.52. The van der Waals surface area contributed by atoms with Crippen LogP contribution >= 0.6 is 0 Å². The first kappa shape index (κ1) is 18.0. The lowest BCUT2D eigenvalue weighted by Crippen LogP contribution is -2.44. The minimum Gasteiger partial charge on any atom is -0.338 e. The molecule has 1 saturated carbocycles. The summed E-state index contributed by atoms with van der Waals surface area (Å²) < 4.78 is 0. The fraction of sp³-hybridized carbons (Fsp3) is 0.833. The highest BCUT2D eigenvalue weighted by molar-refractivity contribution is 6.07. The molecule has 0 unspecified atom stereocenters. The van der Waals surface area contributed by atoms with Crippen LogP contribution in [0.5, 0.6) is 0 Å². The molecule has 3 aliphatic rings. The minimum absolute atomic E-state index is 0.0219. The minimum atomic E-state index is -0.634. The van der Waals surface area contributed by atoms with Crippen molar-refractivity contribution < 1.29 is 14.4 Å². The van der Waals surface area contributed by atoms with Crippen LogP contribution in [0.3, 0.4) is 0 Å². The third-order valence-corrected chi connectivity index (χ3v) is 5.68. The van der Waals surface area contributed by atoms with Gasteiger partial charge in [-0.2, -0.15) is 0 Å². The lowest BCUT2D eigenvalue weighted by atomic mass is 9.98. The number of carbonyl (C=O) groups is 3. The molecule has 1 spiro atoms. The fourth-order valence-electron chi connectivity index (χ4n) is 4.19. The zero-order chi connectivity index (χ0) is 17.7. The van der Waals surface area contributed by atoms with Crippen molar-refractivity contribution in [1.82, 2.24) is 20.4 Å². The van der Waals surface area contributed by atoms with Gasteiger partial charge in [-0.25, -0.2) is 9.59 Å². The van der Waals surface area contributed by atoms with Gasteiger partial charge in [-0.1, -0.05) is 32.1 Å². The van der Waals surface area contributed by atoms with Gasteiger partial charge in [0.15, 0.2) is 0 Å². The van der Waals surface area contributed by atoms with E-state index in [1.54, 1.807) is 0 Å². The Labute approximate surface area is 149 Å². The number of rotatable bonds is 4. The zero-order valence-corrected chi connectivity index (χ0v) is 15.0. The van der Waals surface area contributed by atoms with Crippen molar-refractivity contribution in [2.45, 2.75) is 69.7 Å². The number of amides is 5. The number of hydrogen-bond acceptors (Lipinski definition) is 3. The Morgan fingerprint density at radius 1 is 1.00 bits per heavy atom. The Balaban J connectivity index is 1.40. The van der Waals surface area contributed by atoms with Crippen LogP contribution in [0.25, 0.3) is 0 Å². The molecule has 5 amide bonds. The Bertz CT molecular complexity index is 508. The second-order valence-electron chi connectivity index (χ2n) is 7.52. The van der Waals surface area contributed by atoms with Crippen molar-refractivity contribution >= 4 is 18.0 Å². The van der Waals surface area contributed by atoms with Gasteiger partial charge in [0.2, 0.25) is 0 Å². The van der Waals surface area contributed by atoms with Gasteiger partial charge in [0.25, 0.3) is 5.91 Å². The number of nitrogens with zero attached hydrogens (tertiary/aromatic N) is 2. The van der Waals surface area contributed by atoms with Gasteiger partial charge in [0.1, 0.15) is 5.54 Å². The summed E-state index contributed by atoms with van der Waals surface area (Å²) in [5.41, 5.74) is -0.634. The molecule has 2 saturated heterocycles. The smallest absolute Gasteiger partial charge is 0.325 e. The van der Waals surface area contributed by atoms with Gasteiger partial charge in [-0.05, 0) is 32.1 Å². The van der Waals surface area contributed by atoms with Gasteiger partial charge < -0.3 is 15.5 Å². The van der Waals surface area contributed by atoms with Crippen LogP contribution in [0.2, 0.25) is 0 Å². The predicted molar refractivity (Wildman–Crippen MR) is 94.1 cm³/mol. The van der Waals surface area contributed by atoms with Gasteiger partial charge >= 0.3 is 12.1 Å². The predicted octanol–water partition coefficient (Wildman–Crippen LogP) is 2.22.